The van der Waals surface area contributed by atoms with Crippen LogP contribution in [0.15, 0.2) is 65.7 Å². The van der Waals surface area contributed by atoms with E-state index in [0.717, 1.165) is 23.4 Å². The lowest BCUT2D eigenvalue weighted by Crippen LogP contribution is -2.42. The van der Waals surface area contributed by atoms with Crippen molar-refractivity contribution in [1.82, 2.24) is 14.3 Å². The summed E-state index contributed by atoms with van der Waals surface area (Å²) in [6, 6.07) is 14.0. The number of benzene rings is 2. The minimum Gasteiger partial charge on any atom is -0.351 e. The van der Waals surface area contributed by atoms with Crippen molar-refractivity contribution in [1.29, 1.82) is 0 Å². The summed E-state index contributed by atoms with van der Waals surface area (Å²) in [5.74, 6) is -1.42. The highest BCUT2D eigenvalue weighted by atomic mass is 32.2. The zero-order valence-corrected chi connectivity index (χ0v) is 16.8. The molecule has 2 aromatic carbocycles. The maximum Gasteiger partial charge on any atom is 0.245 e. The molecule has 6 nitrogen and oxygen atoms in total. The predicted octanol–water partition coefficient (Wildman–Crippen LogP) is 3.69. The first-order valence-electron chi connectivity index (χ1n) is 9.54. The Balaban J connectivity index is 1.42. The average molecular weight is 430 g/mol. The minimum atomic E-state index is -4.02. The lowest BCUT2D eigenvalue weighted by molar-refractivity contribution is 0.327. The van der Waals surface area contributed by atoms with Crippen LogP contribution in [0.2, 0.25) is 0 Å². The summed E-state index contributed by atoms with van der Waals surface area (Å²) in [5.41, 5.74) is 1.77. The van der Waals surface area contributed by atoms with Gasteiger partial charge in [0.2, 0.25) is 16.0 Å². The molecule has 30 heavy (non-hydrogen) atoms. The number of hydrogen-bond acceptors (Lipinski definition) is 5. The number of piperidine rings is 1. The zero-order valence-electron chi connectivity index (χ0n) is 16.0. The molecule has 0 spiro atoms. The summed E-state index contributed by atoms with van der Waals surface area (Å²) in [4.78, 5) is 8.28. The molecular formula is C21H20F2N4O2S. The summed E-state index contributed by atoms with van der Waals surface area (Å²) >= 11 is 0. The Morgan fingerprint density at radius 3 is 2.43 bits per heavy atom. The highest BCUT2D eigenvalue weighted by Gasteiger charge is 2.31. The van der Waals surface area contributed by atoms with Gasteiger partial charge in [0.05, 0.1) is 5.69 Å². The van der Waals surface area contributed by atoms with Crippen molar-refractivity contribution in [3.05, 3.63) is 72.4 Å². The molecule has 0 unspecified atom stereocenters. The third kappa shape index (κ3) is 4.31. The van der Waals surface area contributed by atoms with Crippen molar-refractivity contribution in [3.8, 4) is 11.3 Å². The van der Waals surface area contributed by atoms with E-state index in [1.54, 1.807) is 6.20 Å². The number of anilines is 1. The molecule has 9 heteroatoms. The summed E-state index contributed by atoms with van der Waals surface area (Å²) in [6.45, 7) is 0.435. The number of hydrogen-bond donors (Lipinski definition) is 1. The van der Waals surface area contributed by atoms with Crippen LogP contribution in [0.1, 0.15) is 12.8 Å². The summed E-state index contributed by atoms with van der Waals surface area (Å²) in [7, 11) is -4.02. The molecule has 3 aromatic rings. The maximum atomic E-state index is 14.0. The fraction of sp³-hybridized carbons (Fsp3) is 0.238. The second-order valence-corrected chi connectivity index (χ2v) is 8.94. The van der Waals surface area contributed by atoms with E-state index in [-0.39, 0.29) is 19.1 Å². The second kappa shape index (κ2) is 8.45. The second-order valence-electron chi connectivity index (χ2n) is 7.03. The van der Waals surface area contributed by atoms with Gasteiger partial charge in [-0.1, -0.05) is 30.3 Å². The Morgan fingerprint density at radius 2 is 1.73 bits per heavy atom. The molecule has 2 heterocycles. The Hall–Kier alpha value is -2.91. The van der Waals surface area contributed by atoms with E-state index in [2.05, 4.69) is 15.3 Å². The van der Waals surface area contributed by atoms with Crippen molar-refractivity contribution in [2.45, 2.75) is 23.8 Å². The number of rotatable bonds is 5. The summed E-state index contributed by atoms with van der Waals surface area (Å²) < 4.78 is 53.7. The van der Waals surface area contributed by atoms with Crippen LogP contribution in [0.3, 0.4) is 0 Å². The van der Waals surface area contributed by atoms with Crippen LogP contribution in [0.4, 0.5) is 14.7 Å². The summed E-state index contributed by atoms with van der Waals surface area (Å²) in [5, 5.41) is 3.25. The van der Waals surface area contributed by atoms with Gasteiger partial charge in [0, 0.05) is 37.0 Å². The lowest BCUT2D eigenvalue weighted by atomic mass is 10.1. The highest BCUT2D eigenvalue weighted by Crippen LogP contribution is 2.25. The number of halogens is 2. The Labute approximate surface area is 173 Å². The fourth-order valence-electron chi connectivity index (χ4n) is 3.44. The van der Waals surface area contributed by atoms with Crippen LogP contribution in [-0.2, 0) is 10.0 Å². The van der Waals surface area contributed by atoms with Crippen molar-refractivity contribution in [3.63, 3.8) is 0 Å². The van der Waals surface area contributed by atoms with Crippen LogP contribution in [0, 0.1) is 11.6 Å². The molecule has 1 N–H and O–H groups in total. The minimum absolute atomic E-state index is 0.0134. The average Bonchev–Trinajstić information content (AvgIpc) is 2.75. The molecule has 1 aromatic heterocycles. The largest absolute Gasteiger partial charge is 0.351 e. The first-order chi connectivity index (χ1) is 14.4. The van der Waals surface area contributed by atoms with Gasteiger partial charge in [-0.2, -0.15) is 4.31 Å². The van der Waals surface area contributed by atoms with Crippen molar-refractivity contribution >= 4 is 16.0 Å². The molecule has 1 aliphatic heterocycles. The number of sulfonamides is 1. The van der Waals surface area contributed by atoms with Gasteiger partial charge in [-0.3, -0.25) is 0 Å². The number of aromatic nitrogens is 2. The topological polar surface area (TPSA) is 75.2 Å². The van der Waals surface area contributed by atoms with Crippen LogP contribution in [0.5, 0.6) is 0 Å². The molecule has 4 rings (SSSR count). The van der Waals surface area contributed by atoms with E-state index in [0.29, 0.717) is 24.9 Å². The third-order valence-corrected chi connectivity index (χ3v) is 6.96. The van der Waals surface area contributed by atoms with Crippen LogP contribution >= 0.6 is 0 Å². The Kier molecular flexibility index (Phi) is 5.74. The van der Waals surface area contributed by atoms with Gasteiger partial charge in [0.25, 0.3) is 0 Å². The van der Waals surface area contributed by atoms with Gasteiger partial charge >= 0.3 is 0 Å². The monoisotopic (exact) mass is 430 g/mol. The summed E-state index contributed by atoms with van der Waals surface area (Å²) in [6.07, 6.45) is 2.70. The van der Waals surface area contributed by atoms with E-state index in [9.17, 15) is 17.2 Å². The van der Waals surface area contributed by atoms with E-state index in [4.69, 9.17) is 0 Å². The lowest BCUT2D eigenvalue weighted by Gasteiger charge is -2.31. The maximum absolute atomic E-state index is 14.0. The molecule has 0 atom stereocenters. The van der Waals surface area contributed by atoms with E-state index < -0.39 is 26.6 Å². The molecule has 0 radical (unpaired) electrons. The van der Waals surface area contributed by atoms with Gasteiger partial charge < -0.3 is 5.32 Å². The normalized spacial score (nSPS) is 15.8. The molecule has 156 valence electrons. The molecule has 0 saturated carbocycles. The highest BCUT2D eigenvalue weighted by molar-refractivity contribution is 7.89. The molecule has 0 amide bonds. The smallest absolute Gasteiger partial charge is 0.245 e. The molecule has 0 aliphatic carbocycles. The first kappa shape index (κ1) is 20.4. The van der Waals surface area contributed by atoms with Crippen LogP contribution < -0.4 is 5.32 Å². The van der Waals surface area contributed by atoms with Gasteiger partial charge in [-0.05, 0) is 31.0 Å². The van der Waals surface area contributed by atoms with E-state index in [1.807, 2.05) is 36.4 Å². The molecule has 1 aliphatic rings. The fourth-order valence-corrected chi connectivity index (χ4v) is 4.96. The number of nitrogens with one attached hydrogen (secondary N) is 1. The van der Waals surface area contributed by atoms with Gasteiger partial charge in [-0.15, -0.1) is 0 Å². The first-order valence-corrected chi connectivity index (χ1v) is 11.0. The van der Waals surface area contributed by atoms with Gasteiger partial charge in [0.15, 0.2) is 0 Å². The molecule has 1 saturated heterocycles. The van der Waals surface area contributed by atoms with E-state index in [1.165, 1.54) is 4.31 Å². The van der Waals surface area contributed by atoms with Crippen LogP contribution in [0.25, 0.3) is 11.3 Å². The standard InChI is InChI=1S/C21H20F2N4O2S/c22-16-6-7-20(18(23)14-16)30(28,29)27-12-9-17(10-13-27)25-21-24-11-8-19(26-21)15-4-2-1-3-5-15/h1-8,11,14,17H,9-10,12-13H2,(H,24,25,26). The van der Waals surface area contributed by atoms with Crippen molar-refractivity contribution in [2.24, 2.45) is 0 Å². The van der Waals surface area contributed by atoms with Gasteiger partial charge in [-0.25, -0.2) is 27.2 Å². The molecule has 1 fully saturated rings. The third-order valence-electron chi connectivity index (χ3n) is 5.02. The number of nitrogens with zero attached hydrogens (tertiary/aromatic N) is 3. The SMILES string of the molecule is O=S(=O)(c1ccc(F)cc1F)N1CCC(Nc2nccc(-c3ccccc3)n2)CC1. The van der Waals surface area contributed by atoms with E-state index >= 15 is 0 Å². The molecular weight excluding hydrogens is 410 g/mol. The zero-order chi connectivity index (χ0) is 21.1. The predicted molar refractivity (Wildman–Crippen MR) is 109 cm³/mol. The van der Waals surface area contributed by atoms with Crippen LogP contribution in [-0.4, -0.2) is 41.8 Å². The Bertz CT molecular complexity index is 1130. The quantitative estimate of drug-likeness (QED) is 0.668. The van der Waals surface area contributed by atoms with Crippen molar-refractivity contribution in [2.75, 3.05) is 18.4 Å². The van der Waals surface area contributed by atoms with Gasteiger partial charge in [0.1, 0.15) is 16.5 Å². The van der Waals surface area contributed by atoms with Crippen molar-refractivity contribution < 1.29 is 17.2 Å². The Morgan fingerprint density at radius 1 is 1.00 bits per heavy atom. The molecule has 0 bridgehead atoms.